The molecule has 3 aromatic heterocycles. The van der Waals surface area contributed by atoms with Gasteiger partial charge in [-0.3, -0.25) is 15.0 Å². The van der Waals surface area contributed by atoms with Crippen molar-refractivity contribution in [1.29, 1.82) is 0 Å². The molecule has 50 heavy (non-hydrogen) atoms. The molecule has 3 heterocycles. The number of aromatic hydroxyl groups is 1. The smallest absolute Gasteiger partial charge is 0.416 e. The monoisotopic (exact) mass is 671 g/mol. The quantitative estimate of drug-likeness (QED) is 0.202. The van der Waals surface area contributed by atoms with Gasteiger partial charge in [0.1, 0.15) is 11.6 Å². The zero-order valence-electron chi connectivity index (χ0n) is 28.6. The van der Waals surface area contributed by atoms with E-state index in [-0.39, 0.29) is 16.7 Å². The van der Waals surface area contributed by atoms with Gasteiger partial charge >= 0.3 is 6.18 Å². The summed E-state index contributed by atoms with van der Waals surface area (Å²) in [5.74, 6) is 0.822. The van der Waals surface area contributed by atoms with Gasteiger partial charge in [-0.15, -0.1) is 0 Å². The summed E-state index contributed by atoms with van der Waals surface area (Å²) >= 11 is 0. The third kappa shape index (κ3) is 5.97. The highest BCUT2D eigenvalue weighted by atomic mass is 19.4. The Morgan fingerprint density at radius 3 is 1.98 bits per heavy atom. The lowest BCUT2D eigenvalue weighted by atomic mass is 9.86. The molecule has 0 bridgehead atoms. The molecule has 0 fully saturated rings. The lowest BCUT2D eigenvalue weighted by molar-refractivity contribution is -0.137. The van der Waals surface area contributed by atoms with Gasteiger partial charge in [-0.1, -0.05) is 51.1 Å². The number of nitrogens with zero attached hydrogens (tertiary/aromatic N) is 5. The molecule has 0 aliphatic heterocycles. The van der Waals surface area contributed by atoms with E-state index >= 15 is 0 Å². The highest BCUT2D eigenvalue weighted by Crippen LogP contribution is 2.41. The van der Waals surface area contributed by atoms with Crippen LogP contribution < -0.4 is 0 Å². The minimum Gasteiger partial charge on any atom is -0.507 e. The second-order valence-electron chi connectivity index (χ2n) is 14.6. The summed E-state index contributed by atoms with van der Waals surface area (Å²) in [7, 11) is 0. The molecule has 0 saturated heterocycles. The number of halogens is 3. The number of hydrogen-bond donors (Lipinski definition) is 1. The molecule has 7 aromatic rings. The number of imidazole rings is 1. The van der Waals surface area contributed by atoms with Gasteiger partial charge in [0.25, 0.3) is 0 Å². The summed E-state index contributed by atoms with van der Waals surface area (Å²) in [5, 5.41) is 11.1. The van der Waals surface area contributed by atoms with Gasteiger partial charge in [-0.05, 0) is 91.4 Å². The van der Waals surface area contributed by atoms with E-state index in [9.17, 15) is 18.3 Å². The van der Waals surface area contributed by atoms with Crippen molar-refractivity contribution in [3.63, 3.8) is 0 Å². The molecule has 4 aromatic carbocycles. The number of phenols is 1. The highest BCUT2D eigenvalue weighted by Gasteiger charge is 2.30. The number of alkyl halides is 3. The van der Waals surface area contributed by atoms with Crippen molar-refractivity contribution in [3.05, 3.63) is 115 Å². The summed E-state index contributed by atoms with van der Waals surface area (Å²) < 4.78 is 42.0. The Morgan fingerprint density at radius 1 is 0.620 bits per heavy atom. The van der Waals surface area contributed by atoms with Crippen molar-refractivity contribution in [1.82, 2.24) is 24.5 Å². The number of pyridine rings is 1. The lowest BCUT2D eigenvalue weighted by Crippen LogP contribution is -2.22. The molecule has 1 N–H and O–H groups in total. The molecule has 0 aliphatic carbocycles. The second kappa shape index (κ2) is 11.8. The van der Waals surface area contributed by atoms with E-state index in [4.69, 9.17) is 4.98 Å². The number of benzene rings is 4. The van der Waals surface area contributed by atoms with Crippen LogP contribution in [0.2, 0.25) is 0 Å². The van der Waals surface area contributed by atoms with E-state index < -0.39 is 11.7 Å². The Labute approximate surface area is 288 Å². The average molecular weight is 672 g/mol. The van der Waals surface area contributed by atoms with Crippen LogP contribution in [0.4, 0.5) is 13.2 Å². The molecule has 0 unspecified atom stereocenters. The summed E-state index contributed by atoms with van der Waals surface area (Å²) in [6.07, 6.45) is 2.33. The van der Waals surface area contributed by atoms with Gasteiger partial charge in [0.05, 0.1) is 33.2 Å². The van der Waals surface area contributed by atoms with Gasteiger partial charge in [0.2, 0.25) is 0 Å². The Bertz CT molecular complexity index is 2400. The van der Waals surface area contributed by atoms with E-state index in [1.165, 1.54) is 12.1 Å². The predicted octanol–water partition coefficient (Wildman–Crippen LogP) is 10.8. The van der Waals surface area contributed by atoms with Crippen molar-refractivity contribution in [2.24, 2.45) is 0 Å². The van der Waals surface area contributed by atoms with Crippen LogP contribution in [0.15, 0.2) is 104 Å². The van der Waals surface area contributed by atoms with Crippen molar-refractivity contribution in [3.8, 4) is 50.5 Å². The highest BCUT2D eigenvalue weighted by molar-refractivity contribution is 5.98. The Morgan fingerprint density at radius 2 is 1.30 bits per heavy atom. The zero-order chi connectivity index (χ0) is 35.6. The molecule has 0 atom stereocenters. The lowest BCUT2D eigenvalue weighted by Gasteiger charge is -2.26. The van der Waals surface area contributed by atoms with E-state index in [0.29, 0.717) is 33.5 Å². The fourth-order valence-corrected chi connectivity index (χ4v) is 6.42. The molecule has 0 amide bonds. The fraction of sp³-hybridized carbons (Fsp3) is 0.220. The van der Waals surface area contributed by atoms with Crippen LogP contribution in [0.5, 0.6) is 5.75 Å². The van der Waals surface area contributed by atoms with E-state index in [1.807, 2.05) is 48.5 Å². The molecule has 0 spiro atoms. The molecular weight excluding hydrogens is 635 g/mol. The van der Waals surface area contributed by atoms with Gasteiger partial charge in [0, 0.05) is 52.6 Å². The number of para-hydroxylation sites is 1. The van der Waals surface area contributed by atoms with E-state index in [0.717, 1.165) is 51.0 Å². The molecule has 0 aliphatic rings. The first-order valence-corrected chi connectivity index (χ1v) is 16.3. The molecule has 0 radical (unpaired) electrons. The minimum atomic E-state index is -4.42. The van der Waals surface area contributed by atoms with Crippen LogP contribution in [0.1, 0.15) is 52.7 Å². The van der Waals surface area contributed by atoms with Crippen LogP contribution in [-0.2, 0) is 17.1 Å². The first-order valence-electron chi connectivity index (χ1n) is 16.3. The molecule has 252 valence electrons. The van der Waals surface area contributed by atoms with Gasteiger partial charge in [0.15, 0.2) is 0 Å². The zero-order valence-corrected chi connectivity index (χ0v) is 28.6. The van der Waals surface area contributed by atoms with Crippen LogP contribution >= 0.6 is 0 Å². The Kier molecular flexibility index (Phi) is 7.77. The molecular formula is C41H36F3N5O. The fourth-order valence-electron chi connectivity index (χ4n) is 6.42. The topological polar surface area (TPSA) is 76.7 Å². The average Bonchev–Trinajstić information content (AvgIpc) is 3.48. The molecule has 0 saturated carbocycles. The minimum absolute atomic E-state index is 0.128. The van der Waals surface area contributed by atoms with Crippen molar-refractivity contribution < 1.29 is 18.3 Å². The van der Waals surface area contributed by atoms with Crippen LogP contribution in [0.25, 0.3) is 66.8 Å². The van der Waals surface area contributed by atoms with E-state index in [2.05, 4.69) is 61.1 Å². The summed E-state index contributed by atoms with van der Waals surface area (Å²) in [6.45, 7) is 12.8. The van der Waals surface area contributed by atoms with Crippen LogP contribution in [0.3, 0.4) is 0 Å². The first kappa shape index (κ1) is 33.0. The van der Waals surface area contributed by atoms with Gasteiger partial charge < -0.3 is 9.67 Å². The predicted molar refractivity (Wildman–Crippen MR) is 193 cm³/mol. The molecule has 7 rings (SSSR count). The SMILES string of the molecule is CC(C)(C)c1ccc(O)c(-c2nc3c(-c4cncc(-c5cc(-c6ccc(C(F)(F)F)cc6)cc6nccnc56)c4)cccc3n2C(C)(C)C)c1. The summed E-state index contributed by atoms with van der Waals surface area (Å²) in [5.41, 5.74) is 8.01. The summed E-state index contributed by atoms with van der Waals surface area (Å²) in [4.78, 5) is 19.0. The summed E-state index contributed by atoms with van der Waals surface area (Å²) in [6, 6.07) is 22.6. The maximum Gasteiger partial charge on any atom is 0.416 e. The third-order valence-corrected chi connectivity index (χ3v) is 8.94. The van der Waals surface area contributed by atoms with Gasteiger partial charge in [-0.25, -0.2) is 4.98 Å². The first-order chi connectivity index (χ1) is 23.6. The maximum atomic E-state index is 13.3. The second-order valence-corrected chi connectivity index (χ2v) is 14.6. The molecule has 6 nitrogen and oxygen atoms in total. The van der Waals surface area contributed by atoms with E-state index in [1.54, 1.807) is 30.9 Å². The molecule has 9 heteroatoms. The number of hydrogen-bond acceptors (Lipinski definition) is 5. The van der Waals surface area contributed by atoms with Crippen LogP contribution in [-0.4, -0.2) is 29.6 Å². The van der Waals surface area contributed by atoms with Crippen molar-refractivity contribution in [2.75, 3.05) is 0 Å². The van der Waals surface area contributed by atoms with Gasteiger partial charge in [-0.2, -0.15) is 13.2 Å². The number of phenolic OH excluding ortho intramolecular Hbond substituents is 1. The third-order valence-electron chi connectivity index (χ3n) is 8.94. The number of fused-ring (bicyclic) bond motifs is 2. The van der Waals surface area contributed by atoms with Crippen LogP contribution in [0, 0.1) is 0 Å². The largest absolute Gasteiger partial charge is 0.507 e. The number of aromatic nitrogens is 5. The van der Waals surface area contributed by atoms with Crippen molar-refractivity contribution >= 4 is 22.1 Å². The maximum absolute atomic E-state index is 13.3. The standard InChI is InChI=1S/C41H36F3N5O/c1-39(2,3)29-14-15-35(50)32(21-29)38-48-37-30(8-7-9-34(37)49(38)40(4,5)6)26-18-27(23-45-22-26)31-19-25(20-33-36(31)47-17-16-46-33)24-10-12-28(13-11-24)41(42,43)44/h7-23,50H,1-6H3. The van der Waals surface area contributed by atoms with Crippen molar-refractivity contribution in [2.45, 2.75) is 58.7 Å². The Balaban J connectivity index is 1.40. The number of rotatable bonds is 4. The normalized spacial score (nSPS) is 12.6. The Hall–Kier alpha value is -5.57.